The van der Waals surface area contributed by atoms with Gasteiger partial charge in [-0.05, 0) is 18.6 Å². The summed E-state index contributed by atoms with van der Waals surface area (Å²) >= 11 is 5.38. The first kappa shape index (κ1) is 14.2. The van der Waals surface area contributed by atoms with E-state index in [1.54, 1.807) is 0 Å². The Hall–Kier alpha value is -0.880. The molecule has 0 aliphatic heterocycles. The van der Waals surface area contributed by atoms with Gasteiger partial charge >= 0.3 is 6.18 Å². The minimum atomic E-state index is -4.41. The maximum absolute atomic E-state index is 13.3. The van der Waals surface area contributed by atoms with E-state index in [-0.39, 0.29) is 5.02 Å². The second kappa shape index (κ2) is 5.18. The quantitative estimate of drug-likeness (QED) is 0.829. The second-order valence-electron chi connectivity index (χ2n) is 3.54. The van der Waals surface area contributed by atoms with Gasteiger partial charge in [-0.25, -0.2) is 8.78 Å². The Labute approximate surface area is 99.4 Å². The maximum Gasteiger partial charge on any atom is 0.389 e. The molecule has 7 heteroatoms. The molecule has 1 nitrogen and oxygen atoms in total. The largest absolute Gasteiger partial charge is 0.389 e. The molecule has 1 aromatic rings. The Bertz CT molecular complexity index is 381. The van der Waals surface area contributed by atoms with Crippen LogP contribution in [-0.2, 0) is 0 Å². The predicted octanol–water partition coefficient (Wildman–Crippen LogP) is 3.96. The Morgan fingerprint density at radius 3 is 2.06 bits per heavy atom. The molecule has 1 atom stereocenters. The SMILES string of the molecule is N[C@H](CCC(F)(F)F)c1c(F)cc(Cl)cc1F. The van der Waals surface area contributed by atoms with Gasteiger partial charge in [0.25, 0.3) is 0 Å². The third-order valence-electron chi connectivity index (χ3n) is 2.15. The second-order valence-corrected chi connectivity index (χ2v) is 3.98. The van der Waals surface area contributed by atoms with Crippen molar-refractivity contribution in [3.63, 3.8) is 0 Å². The van der Waals surface area contributed by atoms with Gasteiger partial charge in [-0.15, -0.1) is 0 Å². The molecule has 0 unspecified atom stereocenters. The van der Waals surface area contributed by atoms with E-state index in [1.165, 1.54) is 0 Å². The van der Waals surface area contributed by atoms with E-state index in [4.69, 9.17) is 17.3 Å². The number of alkyl halides is 3. The number of rotatable bonds is 3. The van der Waals surface area contributed by atoms with Crippen molar-refractivity contribution in [1.82, 2.24) is 0 Å². The highest BCUT2D eigenvalue weighted by Gasteiger charge is 2.29. The average Bonchev–Trinajstić information content (AvgIpc) is 2.11. The van der Waals surface area contributed by atoms with Crippen LogP contribution >= 0.6 is 11.6 Å². The summed E-state index contributed by atoms with van der Waals surface area (Å²) in [7, 11) is 0. The van der Waals surface area contributed by atoms with Crippen LogP contribution in [0.2, 0.25) is 5.02 Å². The fourth-order valence-corrected chi connectivity index (χ4v) is 1.56. The van der Waals surface area contributed by atoms with E-state index in [2.05, 4.69) is 0 Å². The molecule has 0 saturated carbocycles. The van der Waals surface area contributed by atoms with Gasteiger partial charge in [0.2, 0.25) is 0 Å². The fourth-order valence-electron chi connectivity index (χ4n) is 1.37. The van der Waals surface area contributed by atoms with Crippen molar-refractivity contribution in [1.29, 1.82) is 0 Å². The lowest BCUT2D eigenvalue weighted by Crippen LogP contribution is -2.18. The van der Waals surface area contributed by atoms with Crippen LogP contribution in [0.5, 0.6) is 0 Å². The Morgan fingerprint density at radius 1 is 1.18 bits per heavy atom. The van der Waals surface area contributed by atoms with Crippen LogP contribution in [0.15, 0.2) is 12.1 Å². The Balaban J connectivity index is 2.86. The van der Waals surface area contributed by atoms with E-state index >= 15 is 0 Å². The van der Waals surface area contributed by atoms with E-state index in [0.717, 1.165) is 12.1 Å². The zero-order chi connectivity index (χ0) is 13.2. The average molecular weight is 274 g/mol. The van der Waals surface area contributed by atoms with Crippen LogP contribution in [0.4, 0.5) is 22.0 Å². The summed E-state index contributed by atoms with van der Waals surface area (Å²) in [6.45, 7) is 0. The van der Waals surface area contributed by atoms with Crippen molar-refractivity contribution in [3.8, 4) is 0 Å². The first-order valence-electron chi connectivity index (χ1n) is 4.67. The van der Waals surface area contributed by atoms with Gasteiger partial charge in [-0.3, -0.25) is 0 Å². The predicted molar refractivity (Wildman–Crippen MR) is 53.6 cm³/mol. The third kappa shape index (κ3) is 4.12. The van der Waals surface area contributed by atoms with Gasteiger partial charge < -0.3 is 5.73 Å². The molecule has 96 valence electrons. The summed E-state index contributed by atoms with van der Waals surface area (Å²) < 4.78 is 62.4. The summed E-state index contributed by atoms with van der Waals surface area (Å²) in [6.07, 6.45) is -6.19. The summed E-state index contributed by atoms with van der Waals surface area (Å²) in [6, 6.07) is 0.273. The van der Waals surface area contributed by atoms with Gasteiger partial charge in [0, 0.05) is 23.0 Å². The van der Waals surface area contributed by atoms with Gasteiger partial charge in [0.15, 0.2) is 0 Å². The molecule has 1 rings (SSSR count). The molecule has 0 bridgehead atoms. The summed E-state index contributed by atoms with van der Waals surface area (Å²) in [4.78, 5) is 0. The normalized spacial score (nSPS) is 13.8. The number of hydrogen-bond donors (Lipinski definition) is 1. The molecule has 0 aliphatic rings. The number of benzene rings is 1. The molecule has 0 saturated heterocycles. The van der Waals surface area contributed by atoms with Crippen molar-refractivity contribution >= 4 is 11.6 Å². The van der Waals surface area contributed by atoms with Crippen LogP contribution in [0.3, 0.4) is 0 Å². The van der Waals surface area contributed by atoms with Crippen LogP contribution in [0.1, 0.15) is 24.4 Å². The van der Waals surface area contributed by atoms with Gasteiger partial charge in [-0.2, -0.15) is 13.2 Å². The number of nitrogens with two attached hydrogens (primary N) is 1. The van der Waals surface area contributed by atoms with Crippen molar-refractivity contribution in [3.05, 3.63) is 34.4 Å². The maximum atomic E-state index is 13.3. The Morgan fingerprint density at radius 2 is 1.65 bits per heavy atom. The molecule has 0 spiro atoms. The van der Waals surface area contributed by atoms with E-state index < -0.39 is 42.3 Å². The molecule has 0 amide bonds. The van der Waals surface area contributed by atoms with Crippen LogP contribution in [0, 0.1) is 11.6 Å². The number of halogens is 6. The molecule has 1 aromatic carbocycles. The first-order chi connectivity index (χ1) is 7.70. The summed E-state index contributed by atoms with van der Waals surface area (Å²) in [5.41, 5.74) is 4.76. The zero-order valence-electron chi connectivity index (χ0n) is 8.49. The van der Waals surface area contributed by atoms with E-state index in [0.29, 0.717) is 0 Å². The standard InChI is InChI=1S/C10H9ClF5N/c11-5-3-6(12)9(7(13)4-5)8(17)1-2-10(14,15)16/h3-4,8H,1-2,17H2/t8-/m1/s1. The molecule has 0 fully saturated rings. The molecule has 0 heterocycles. The fraction of sp³-hybridized carbons (Fsp3) is 0.400. The first-order valence-corrected chi connectivity index (χ1v) is 5.05. The molecular weight excluding hydrogens is 265 g/mol. The molecule has 0 radical (unpaired) electrons. The molecule has 17 heavy (non-hydrogen) atoms. The smallest absolute Gasteiger partial charge is 0.324 e. The lowest BCUT2D eigenvalue weighted by molar-refractivity contribution is -0.136. The lowest BCUT2D eigenvalue weighted by atomic mass is 10.0. The van der Waals surface area contributed by atoms with Crippen molar-refractivity contribution in [2.24, 2.45) is 5.73 Å². The topological polar surface area (TPSA) is 26.0 Å². The molecular formula is C10H9ClF5N. The van der Waals surface area contributed by atoms with Crippen LogP contribution in [-0.4, -0.2) is 6.18 Å². The van der Waals surface area contributed by atoms with Gasteiger partial charge in [-0.1, -0.05) is 11.6 Å². The minimum absolute atomic E-state index is 0.174. The summed E-state index contributed by atoms with van der Waals surface area (Å²) in [5, 5.41) is -0.174. The van der Waals surface area contributed by atoms with E-state index in [9.17, 15) is 22.0 Å². The summed E-state index contributed by atoms with van der Waals surface area (Å²) in [5.74, 6) is -2.07. The number of hydrogen-bond acceptors (Lipinski definition) is 1. The van der Waals surface area contributed by atoms with Crippen molar-refractivity contribution in [2.45, 2.75) is 25.1 Å². The third-order valence-corrected chi connectivity index (χ3v) is 2.37. The van der Waals surface area contributed by atoms with Crippen LogP contribution in [0.25, 0.3) is 0 Å². The van der Waals surface area contributed by atoms with Crippen LogP contribution < -0.4 is 5.73 Å². The van der Waals surface area contributed by atoms with Gasteiger partial charge in [0.1, 0.15) is 11.6 Å². The molecule has 0 aliphatic carbocycles. The molecule has 0 aromatic heterocycles. The highest BCUT2D eigenvalue weighted by atomic mass is 35.5. The Kier molecular flexibility index (Phi) is 4.32. The van der Waals surface area contributed by atoms with Crippen molar-refractivity contribution < 1.29 is 22.0 Å². The minimum Gasteiger partial charge on any atom is -0.324 e. The molecule has 2 N–H and O–H groups in total. The highest BCUT2D eigenvalue weighted by Crippen LogP contribution is 2.29. The zero-order valence-corrected chi connectivity index (χ0v) is 9.25. The van der Waals surface area contributed by atoms with E-state index in [1.807, 2.05) is 0 Å². The van der Waals surface area contributed by atoms with Crippen molar-refractivity contribution in [2.75, 3.05) is 0 Å². The lowest BCUT2D eigenvalue weighted by Gasteiger charge is -2.15. The highest BCUT2D eigenvalue weighted by molar-refractivity contribution is 6.30. The van der Waals surface area contributed by atoms with Gasteiger partial charge in [0.05, 0.1) is 0 Å². The monoisotopic (exact) mass is 273 g/mol.